The fraction of sp³-hybridized carbons (Fsp3) is 0.333. The number of esters is 2. The Morgan fingerprint density at radius 1 is 1.35 bits per heavy atom. The van der Waals surface area contributed by atoms with E-state index in [0.717, 1.165) is 5.56 Å². The second-order valence-corrected chi connectivity index (χ2v) is 4.62. The summed E-state index contributed by atoms with van der Waals surface area (Å²) in [7, 11) is 0. The number of ether oxygens (including phenoxy) is 2. The van der Waals surface area contributed by atoms with E-state index in [-0.39, 0.29) is 12.8 Å². The van der Waals surface area contributed by atoms with E-state index in [0.29, 0.717) is 10.8 Å². The van der Waals surface area contributed by atoms with E-state index in [9.17, 15) is 9.59 Å². The Hall–Kier alpha value is -1.99. The fourth-order valence-corrected chi connectivity index (χ4v) is 1.62. The molecule has 106 valence electrons. The summed E-state index contributed by atoms with van der Waals surface area (Å²) >= 11 is 5.80. The summed E-state index contributed by atoms with van der Waals surface area (Å²) in [4.78, 5) is 22.9. The SMILES string of the molecule is C#CC(C)OC(=O)CCC(=O)Oc1ccc(Cl)cc1C. The highest BCUT2D eigenvalue weighted by molar-refractivity contribution is 6.30. The molecular formula is C15H15ClO4. The van der Waals surface area contributed by atoms with Gasteiger partial charge in [0.1, 0.15) is 5.75 Å². The van der Waals surface area contributed by atoms with Crippen molar-refractivity contribution in [1.82, 2.24) is 0 Å². The molecule has 0 fully saturated rings. The van der Waals surface area contributed by atoms with E-state index in [1.165, 1.54) is 0 Å². The molecule has 0 aromatic heterocycles. The molecular weight excluding hydrogens is 280 g/mol. The second kappa shape index (κ2) is 7.56. The van der Waals surface area contributed by atoms with Crippen LogP contribution in [0.2, 0.25) is 5.02 Å². The molecule has 1 atom stereocenters. The van der Waals surface area contributed by atoms with Crippen molar-refractivity contribution in [2.75, 3.05) is 0 Å². The maximum Gasteiger partial charge on any atom is 0.311 e. The van der Waals surface area contributed by atoms with Crippen molar-refractivity contribution in [2.24, 2.45) is 0 Å². The number of carbonyl (C=O) groups is 2. The Bertz CT molecular complexity index is 545. The van der Waals surface area contributed by atoms with Crippen molar-refractivity contribution in [2.45, 2.75) is 32.8 Å². The third-order valence-corrected chi connectivity index (χ3v) is 2.67. The second-order valence-electron chi connectivity index (χ2n) is 4.18. The summed E-state index contributed by atoms with van der Waals surface area (Å²) < 4.78 is 9.98. The van der Waals surface area contributed by atoms with Crippen molar-refractivity contribution in [3.63, 3.8) is 0 Å². The fourth-order valence-electron chi connectivity index (χ4n) is 1.40. The number of halogens is 1. The number of carbonyl (C=O) groups excluding carboxylic acids is 2. The third-order valence-electron chi connectivity index (χ3n) is 2.44. The van der Waals surface area contributed by atoms with Crippen LogP contribution in [0.25, 0.3) is 0 Å². The van der Waals surface area contributed by atoms with E-state index in [1.807, 2.05) is 0 Å². The van der Waals surface area contributed by atoms with Crippen LogP contribution < -0.4 is 4.74 Å². The summed E-state index contributed by atoms with van der Waals surface area (Å²) in [6.45, 7) is 3.35. The summed E-state index contributed by atoms with van der Waals surface area (Å²) in [6, 6.07) is 4.92. The van der Waals surface area contributed by atoms with E-state index in [2.05, 4.69) is 5.92 Å². The largest absolute Gasteiger partial charge is 0.449 e. The lowest BCUT2D eigenvalue weighted by Gasteiger charge is -2.08. The summed E-state index contributed by atoms with van der Waals surface area (Å²) in [5, 5.41) is 0.564. The highest BCUT2D eigenvalue weighted by atomic mass is 35.5. The van der Waals surface area contributed by atoms with Crippen molar-refractivity contribution >= 4 is 23.5 Å². The van der Waals surface area contributed by atoms with Crippen molar-refractivity contribution in [3.8, 4) is 18.1 Å². The molecule has 0 amide bonds. The Balaban J connectivity index is 2.44. The molecule has 0 radical (unpaired) electrons. The van der Waals surface area contributed by atoms with Gasteiger partial charge in [-0.1, -0.05) is 17.5 Å². The molecule has 5 heteroatoms. The molecule has 0 aliphatic heterocycles. The predicted molar refractivity (Wildman–Crippen MR) is 75.4 cm³/mol. The van der Waals surface area contributed by atoms with E-state index in [4.69, 9.17) is 27.5 Å². The van der Waals surface area contributed by atoms with Crippen LogP contribution in [0.5, 0.6) is 5.75 Å². The molecule has 0 saturated carbocycles. The van der Waals surface area contributed by atoms with Crippen LogP contribution in [0.1, 0.15) is 25.3 Å². The number of hydrogen-bond donors (Lipinski definition) is 0. The van der Waals surface area contributed by atoms with Crippen LogP contribution in [0.4, 0.5) is 0 Å². The number of rotatable bonds is 5. The molecule has 0 N–H and O–H groups in total. The molecule has 1 aromatic rings. The van der Waals surface area contributed by atoms with Crippen LogP contribution in [0.15, 0.2) is 18.2 Å². The average molecular weight is 295 g/mol. The summed E-state index contributed by atoms with van der Waals surface area (Å²) in [6.07, 6.45) is 4.33. The van der Waals surface area contributed by atoms with Crippen molar-refractivity contribution < 1.29 is 19.1 Å². The maximum absolute atomic E-state index is 11.6. The van der Waals surface area contributed by atoms with Gasteiger partial charge in [-0.2, -0.15) is 0 Å². The van der Waals surface area contributed by atoms with E-state index >= 15 is 0 Å². The third kappa shape index (κ3) is 5.33. The van der Waals surface area contributed by atoms with Gasteiger partial charge in [0, 0.05) is 5.02 Å². The van der Waals surface area contributed by atoms with Crippen molar-refractivity contribution in [3.05, 3.63) is 28.8 Å². The maximum atomic E-state index is 11.6. The zero-order valence-electron chi connectivity index (χ0n) is 11.3. The van der Waals surface area contributed by atoms with Gasteiger partial charge in [-0.15, -0.1) is 6.42 Å². The summed E-state index contributed by atoms with van der Waals surface area (Å²) in [5.74, 6) is 1.64. The van der Waals surface area contributed by atoms with E-state index < -0.39 is 18.0 Å². The predicted octanol–water partition coefficient (Wildman–Crippen LogP) is 2.90. The minimum absolute atomic E-state index is 0.0712. The van der Waals surface area contributed by atoms with Gasteiger partial charge in [-0.05, 0) is 37.6 Å². The zero-order chi connectivity index (χ0) is 15.1. The van der Waals surface area contributed by atoms with Gasteiger partial charge in [0.2, 0.25) is 0 Å². The molecule has 0 aliphatic carbocycles. The first-order chi connectivity index (χ1) is 9.42. The number of aryl methyl sites for hydroxylation is 1. The molecule has 1 rings (SSSR count). The van der Waals surface area contributed by atoms with Gasteiger partial charge in [-0.3, -0.25) is 9.59 Å². The Morgan fingerprint density at radius 2 is 2.00 bits per heavy atom. The highest BCUT2D eigenvalue weighted by Crippen LogP contribution is 2.22. The smallest absolute Gasteiger partial charge is 0.311 e. The van der Waals surface area contributed by atoms with Crippen LogP contribution in [0.3, 0.4) is 0 Å². The summed E-state index contributed by atoms with van der Waals surface area (Å²) in [5.41, 5.74) is 0.745. The Morgan fingerprint density at radius 3 is 2.60 bits per heavy atom. The molecule has 0 heterocycles. The highest BCUT2D eigenvalue weighted by Gasteiger charge is 2.13. The molecule has 0 aliphatic rings. The van der Waals surface area contributed by atoms with E-state index in [1.54, 1.807) is 32.0 Å². The minimum atomic E-state index is -0.600. The average Bonchev–Trinajstić information content (AvgIpc) is 2.39. The topological polar surface area (TPSA) is 52.6 Å². The minimum Gasteiger partial charge on any atom is -0.449 e. The van der Waals surface area contributed by atoms with Crippen LogP contribution in [0, 0.1) is 19.3 Å². The normalized spacial score (nSPS) is 11.3. The lowest BCUT2D eigenvalue weighted by atomic mass is 10.2. The molecule has 0 saturated heterocycles. The quantitative estimate of drug-likeness (QED) is 0.476. The Kier molecular flexibility index (Phi) is 6.08. The van der Waals surface area contributed by atoms with Gasteiger partial charge in [0.25, 0.3) is 0 Å². The van der Waals surface area contributed by atoms with Gasteiger partial charge in [-0.25, -0.2) is 0 Å². The zero-order valence-corrected chi connectivity index (χ0v) is 12.1. The number of hydrogen-bond acceptors (Lipinski definition) is 4. The lowest BCUT2D eigenvalue weighted by Crippen LogP contribution is -2.16. The Labute approximate surface area is 123 Å². The standard InChI is InChI=1S/C15H15ClO4/c1-4-11(3)19-14(17)7-8-15(18)20-13-6-5-12(16)9-10(13)2/h1,5-6,9,11H,7-8H2,2-3H3. The lowest BCUT2D eigenvalue weighted by molar-refractivity contribution is -0.148. The van der Waals surface area contributed by atoms with Gasteiger partial charge < -0.3 is 9.47 Å². The first kappa shape index (κ1) is 16.1. The first-order valence-corrected chi connectivity index (χ1v) is 6.42. The van der Waals surface area contributed by atoms with Gasteiger partial charge in [0.15, 0.2) is 6.10 Å². The van der Waals surface area contributed by atoms with Gasteiger partial charge in [0.05, 0.1) is 12.8 Å². The van der Waals surface area contributed by atoms with Crippen LogP contribution in [-0.2, 0) is 14.3 Å². The van der Waals surface area contributed by atoms with Crippen LogP contribution >= 0.6 is 11.6 Å². The van der Waals surface area contributed by atoms with Crippen molar-refractivity contribution in [1.29, 1.82) is 0 Å². The van der Waals surface area contributed by atoms with Gasteiger partial charge >= 0.3 is 11.9 Å². The molecule has 1 aromatic carbocycles. The molecule has 20 heavy (non-hydrogen) atoms. The molecule has 0 bridgehead atoms. The monoisotopic (exact) mass is 294 g/mol. The molecule has 0 spiro atoms. The number of benzene rings is 1. The van der Waals surface area contributed by atoms with Crippen LogP contribution in [-0.4, -0.2) is 18.0 Å². The number of terminal acetylenes is 1. The first-order valence-electron chi connectivity index (χ1n) is 6.05. The molecule has 4 nitrogen and oxygen atoms in total. The molecule has 1 unspecified atom stereocenters.